The van der Waals surface area contributed by atoms with Crippen LogP contribution in [0.25, 0.3) is 0 Å². The van der Waals surface area contributed by atoms with Gasteiger partial charge in [0, 0.05) is 6.04 Å². The molecule has 0 unspecified atom stereocenters. The van der Waals surface area contributed by atoms with E-state index in [1.165, 1.54) is 12.8 Å². The Hall–Kier alpha value is -0.0400. The molecule has 0 aromatic carbocycles. The first-order valence-electron chi connectivity index (χ1n) is 3.80. The Balaban J connectivity index is 2.66. The van der Waals surface area contributed by atoms with E-state index in [4.69, 9.17) is 5.73 Å². The third kappa shape index (κ3) is 0.983. The number of nitrogens with two attached hydrogens (primary N) is 1. The SMILES string of the molecule is C[C@H]1CC[C@H](N)C1(C)C. The van der Waals surface area contributed by atoms with Crippen LogP contribution < -0.4 is 5.73 Å². The maximum absolute atomic E-state index is 5.90. The van der Waals surface area contributed by atoms with Crippen molar-refractivity contribution in [1.82, 2.24) is 0 Å². The van der Waals surface area contributed by atoms with E-state index >= 15 is 0 Å². The van der Waals surface area contributed by atoms with E-state index in [2.05, 4.69) is 20.8 Å². The Morgan fingerprint density at radius 2 is 1.89 bits per heavy atom. The summed E-state index contributed by atoms with van der Waals surface area (Å²) < 4.78 is 0. The zero-order valence-corrected chi connectivity index (χ0v) is 6.65. The molecule has 2 atom stereocenters. The summed E-state index contributed by atoms with van der Waals surface area (Å²) in [4.78, 5) is 0. The predicted molar refractivity (Wildman–Crippen MR) is 40.2 cm³/mol. The lowest BCUT2D eigenvalue weighted by atomic mass is 9.81. The van der Waals surface area contributed by atoms with E-state index < -0.39 is 0 Å². The average Bonchev–Trinajstić information content (AvgIpc) is 1.96. The first-order chi connectivity index (χ1) is 4.05. The lowest BCUT2D eigenvalue weighted by Gasteiger charge is -2.28. The third-order valence-corrected chi connectivity index (χ3v) is 3.14. The van der Waals surface area contributed by atoms with Gasteiger partial charge >= 0.3 is 0 Å². The maximum Gasteiger partial charge on any atom is 0.00929 e. The highest BCUT2D eigenvalue weighted by Crippen LogP contribution is 2.40. The van der Waals surface area contributed by atoms with Crippen molar-refractivity contribution < 1.29 is 0 Å². The predicted octanol–water partition coefficient (Wildman–Crippen LogP) is 1.77. The van der Waals surface area contributed by atoms with E-state index in [9.17, 15) is 0 Å². The highest BCUT2D eigenvalue weighted by Gasteiger charge is 2.37. The van der Waals surface area contributed by atoms with Crippen molar-refractivity contribution in [3.63, 3.8) is 0 Å². The molecule has 9 heavy (non-hydrogen) atoms. The molecule has 1 rings (SSSR count). The highest BCUT2D eigenvalue weighted by molar-refractivity contribution is 4.92. The summed E-state index contributed by atoms with van der Waals surface area (Å²) in [5.41, 5.74) is 6.29. The minimum atomic E-state index is 0.389. The molecule has 0 radical (unpaired) electrons. The molecule has 1 saturated carbocycles. The Labute approximate surface area is 57.6 Å². The zero-order valence-electron chi connectivity index (χ0n) is 6.65. The van der Waals surface area contributed by atoms with Gasteiger partial charge in [-0.15, -0.1) is 0 Å². The molecule has 1 nitrogen and oxygen atoms in total. The van der Waals surface area contributed by atoms with Gasteiger partial charge in [-0.3, -0.25) is 0 Å². The molecule has 1 heteroatoms. The summed E-state index contributed by atoms with van der Waals surface area (Å²) in [6.45, 7) is 6.84. The fourth-order valence-electron chi connectivity index (χ4n) is 1.54. The largest absolute Gasteiger partial charge is 0.327 e. The molecule has 0 amide bonds. The monoisotopic (exact) mass is 127 g/mol. The lowest BCUT2D eigenvalue weighted by Crippen LogP contribution is -2.34. The average molecular weight is 127 g/mol. The molecule has 54 valence electrons. The first-order valence-corrected chi connectivity index (χ1v) is 3.80. The van der Waals surface area contributed by atoms with Gasteiger partial charge < -0.3 is 5.73 Å². The van der Waals surface area contributed by atoms with Gasteiger partial charge in [-0.1, -0.05) is 20.8 Å². The van der Waals surface area contributed by atoms with Crippen LogP contribution in [0.4, 0.5) is 0 Å². The second-order valence-corrected chi connectivity index (χ2v) is 3.91. The van der Waals surface area contributed by atoms with Crippen LogP contribution in [0.1, 0.15) is 33.6 Å². The minimum absolute atomic E-state index is 0.389. The van der Waals surface area contributed by atoms with E-state index in [0.717, 1.165) is 5.92 Å². The van der Waals surface area contributed by atoms with Gasteiger partial charge in [0.05, 0.1) is 0 Å². The Morgan fingerprint density at radius 1 is 1.33 bits per heavy atom. The summed E-state index contributed by atoms with van der Waals surface area (Å²) in [6.07, 6.45) is 2.53. The quantitative estimate of drug-likeness (QED) is 0.527. The summed E-state index contributed by atoms with van der Waals surface area (Å²) in [5.74, 6) is 0.812. The van der Waals surface area contributed by atoms with Gasteiger partial charge in [0.2, 0.25) is 0 Å². The number of rotatable bonds is 0. The zero-order chi connectivity index (χ0) is 7.07. The van der Waals surface area contributed by atoms with Crippen LogP contribution in [-0.4, -0.2) is 6.04 Å². The summed E-state index contributed by atoms with van der Waals surface area (Å²) in [5, 5.41) is 0. The Bertz CT molecular complexity index is 95.1. The van der Waals surface area contributed by atoms with Crippen LogP contribution in [-0.2, 0) is 0 Å². The van der Waals surface area contributed by atoms with E-state index in [1.54, 1.807) is 0 Å². The van der Waals surface area contributed by atoms with E-state index in [-0.39, 0.29) is 0 Å². The molecule has 0 aliphatic heterocycles. The fraction of sp³-hybridized carbons (Fsp3) is 1.00. The van der Waals surface area contributed by atoms with Crippen LogP contribution in [0.3, 0.4) is 0 Å². The van der Waals surface area contributed by atoms with Crippen molar-refractivity contribution >= 4 is 0 Å². The summed E-state index contributed by atoms with van der Waals surface area (Å²) >= 11 is 0. The third-order valence-electron chi connectivity index (χ3n) is 3.14. The minimum Gasteiger partial charge on any atom is -0.327 e. The van der Waals surface area contributed by atoms with Gasteiger partial charge in [0.15, 0.2) is 0 Å². The molecule has 1 aliphatic rings. The molecule has 1 fully saturated rings. The second-order valence-electron chi connectivity index (χ2n) is 3.91. The van der Waals surface area contributed by atoms with Crippen molar-refractivity contribution in [3.8, 4) is 0 Å². The van der Waals surface area contributed by atoms with Gasteiger partial charge in [-0.05, 0) is 24.2 Å². The van der Waals surface area contributed by atoms with Crippen molar-refractivity contribution in [2.75, 3.05) is 0 Å². The molecule has 0 aromatic rings. The van der Waals surface area contributed by atoms with Gasteiger partial charge in [-0.25, -0.2) is 0 Å². The topological polar surface area (TPSA) is 26.0 Å². The van der Waals surface area contributed by atoms with Gasteiger partial charge in [-0.2, -0.15) is 0 Å². The Morgan fingerprint density at radius 3 is 2.00 bits per heavy atom. The second kappa shape index (κ2) is 1.98. The van der Waals surface area contributed by atoms with Crippen molar-refractivity contribution in [2.24, 2.45) is 17.1 Å². The molecule has 0 saturated heterocycles. The van der Waals surface area contributed by atoms with Crippen molar-refractivity contribution in [1.29, 1.82) is 0 Å². The Kier molecular flexibility index (Phi) is 1.55. The molecular formula is C8H17N. The normalized spacial score (nSPS) is 41.3. The van der Waals surface area contributed by atoms with E-state index in [0.29, 0.717) is 11.5 Å². The fourth-order valence-corrected chi connectivity index (χ4v) is 1.54. The highest BCUT2D eigenvalue weighted by atomic mass is 14.7. The maximum atomic E-state index is 5.90. The molecule has 0 heterocycles. The summed E-state index contributed by atoms with van der Waals surface area (Å²) in [6, 6.07) is 0.437. The molecule has 0 spiro atoms. The van der Waals surface area contributed by atoms with Gasteiger partial charge in [0.1, 0.15) is 0 Å². The molecule has 0 aromatic heterocycles. The molecule has 1 aliphatic carbocycles. The van der Waals surface area contributed by atoms with E-state index in [1.807, 2.05) is 0 Å². The van der Waals surface area contributed by atoms with Crippen LogP contribution in [0.15, 0.2) is 0 Å². The first kappa shape index (κ1) is 7.07. The van der Waals surface area contributed by atoms with Crippen LogP contribution in [0.2, 0.25) is 0 Å². The standard InChI is InChI=1S/C8H17N/c1-6-4-5-7(9)8(6,2)3/h6-7H,4-5,9H2,1-3H3/t6-,7-/m0/s1. The molecule has 2 N–H and O–H groups in total. The van der Waals surface area contributed by atoms with Crippen molar-refractivity contribution in [2.45, 2.75) is 39.7 Å². The molecular weight excluding hydrogens is 110 g/mol. The molecule has 0 bridgehead atoms. The smallest absolute Gasteiger partial charge is 0.00929 e. The number of hydrogen-bond donors (Lipinski definition) is 1. The van der Waals surface area contributed by atoms with Crippen LogP contribution in [0.5, 0.6) is 0 Å². The number of hydrogen-bond acceptors (Lipinski definition) is 1. The summed E-state index contributed by atoms with van der Waals surface area (Å²) in [7, 11) is 0. The van der Waals surface area contributed by atoms with Crippen LogP contribution in [0, 0.1) is 11.3 Å². The van der Waals surface area contributed by atoms with Crippen molar-refractivity contribution in [3.05, 3.63) is 0 Å². The van der Waals surface area contributed by atoms with Crippen LogP contribution >= 0.6 is 0 Å². The van der Waals surface area contributed by atoms with Gasteiger partial charge in [0.25, 0.3) is 0 Å². The lowest BCUT2D eigenvalue weighted by molar-refractivity contribution is 0.250.